The summed E-state index contributed by atoms with van der Waals surface area (Å²) in [5.41, 5.74) is 6.04. The van der Waals surface area contributed by atoms with Gasteiger partial charge < -0.3 is 15.8 Å². The van der Waals surface area contributed by atoms with Crippen LogP contribution in [0.1, 0.15) is 10.4 Å². The van der Waals surface area contributed by atoms with E-state index in [9.17, 15) is 4.79 Å². The van der Waals surface area contributed by atoms with Crippen LogP contribution in [0, 0.1) is 0 Å². The lowest BCUT2D eigenvalue weighted by Gasteiger charge is -2.07. The van der Waals surface area contributed by atoms with E-state index in [1.165, 1.54) is 0 Å². The van der Waals surface area contributed by atoms with Crippen LogP contribution < -0.4 is 15.8 Å². The summed E-state index contributed by atoms with van der Waals surface area (Å²) in [4.78, 5) is 12.0. The lowest BCUT2D eigenvalue weighted by molar-refractivity contribution is 0.0956. The molecule has 122 valence electrons. The number of carbonyl (C=O) groups excluding carboxylic acids is 1. The van der Waals surface area contributed by atoms with Crippen molar-refractivity contribution in [1.82, 2.24) is 5.32 Å². The van der Waals surface area contributed by atoms with E-state index in [1.54, 1.807) is 45.9 Å². The Morgan fingerprint density at radius 3 is 2.30 bits per heavy atom. The molecule has 0 heterocycles. The lowest BCUT2D eigenvalue weighted by atomic mass is 10.2. The van der Waals surface area contributed by atoms with Gasteiger partial charge in [0, 0.05) is 30.2 Å². The van der Waals surface area contributed by atoms with Crippen molar-refractivity contribution < 1.29 is 9.53 Å². The molecule has 2 rings (SSSR count). The molecule has 0 aliphatic heterocycles. The first-order valence-electron chi connectivity index (χ1n) is 7.35. The Hall–Kier alpha value is -1.63. The highest BCUT2D eigenvalue weighted by Crippen LogP contribution is 2.21. The van der Waals surface area contributed by atoms with Gasteiger partial charge in [0.05, 0.1) is 0 Å². The van der Waals surface area contributed by atoms with Crippen LogP contribution in [0.5, 0.6) is 11.5 Å². The number of hydrogen-bond acceptors (Lipinski definition) is 5. The summed E-state index contributed by atoms with van der Waals surface area (Å²) in [7, 11) is 3.45. The summed E-state index contributed by atoms with van der Waals surface area (Å²) in [6.45, 7) is 1.32. The summed E-state index contributed by atoms with van der Waals surface area (Å²) in [6, 6.07) is 16.7. The number of nitrogens with two attached hydrogens (primary N) is 1. The Bertz CT molecular complexity index is 591. The summed E-state index contributed by atoms with van der Waals surface area (Å²) in [5.74, 6) is 3.21. The van der Waals surface area contributed by atoms with Gasteiger partial charge in [-0.1, -0.05) is 39.8 Å². The third-order valence-corrected chi connectivity index (χ3v) is 5.29. The van der Waals surface area contributed by atoms with Gasteiger partial charge in [-0.3, -0.25) is 4.79 Å². The zero-order valence-electron chi connectivity index (χ0n) is 12.7. The topological polar surface area (TPSA) is 64.3 Å². The maximum atomic E-state index is 12.0. The van der Waals surface area contributed by atoms with E-state index >= 15 is 0 Å². The molecule has 6 heteroatoms. The highest BCUT2D eigenvalue weighted by atomic mass is 33.1. The first-order chi connectivity index (χ1) is 11.3. The maximum absolute atomic E-state index is 12.0. The zero-order valence-corrected chi connectivity index (χ0v) is 14.4. The third-order valence-electron chi connectivity index (χ3n) is 2.85. The number of para-hydroxylation sites is 1. The second-order valence-electron chi connectivity index (χ2n) is 4.63. The number of amides is 1. The summed E-state index contributed by atoms with van der Waals surface area (Å²) < 4.78 is 5.70. The van der Waals surface area contributed by atoms with Gasteiger partial charge >= 0.3 is 0 Å². The molecule has 0 aliphatic carbocycles. The van der Waals surface area contributed by atoms with Crippen molar-refractivity contribution in [3.8, 4) is 11.5 Å². The number of hydrogen-bond donors (Lipinski definition) is 2. The molecule has 4 nitrogen and oxygen atoms in total. The first kappa shape index (κ1) is 17.7. The highest BCUT2D eigenvalue weighted by molar-refractivity contribution is 8.76. The fraction of sp³-hybridized carbons (Fsp3) is 0.235. The Morgan fingerprint density at radius 1 is 0.957 bits per heavy atom. The minimum Gasteiger partial charge on any atom is -0.457 e. The van der Waals surface area contributed by atoms with Crippen molar-refractivity contribution in [2.45, 2.75) is 0 Å². The van der Waals surface area contributed by atoms with Crippen molar-refractivity contribution in [1.29, 1.82) is 0 Å². The molecule has 0 spiro atoms. The molecular formula is C17H20N2O2S2. The normalized spacial score (nSPS) is 10.3. The molecular weight excluding hydrogens is 328 g/mol. The molecule has 23 heavy (non-hydrogen) atoms. The Kier molecular flexibility index (Phi) is 7.86. The van der Waals surface area contributed by atoms with E-state index in [0.29, 0.717) is 24.4 Å². The Labute approximate surface area is 144 Å². The van der Waals surface area contributed by atoms with Gasteiger partial charge in [-0.2, -0.15) is 0 Å². The van der Waals surface area contributed by atoms with E-state index < -0.39 is 0 Å². The molecule has 2 aromatic rings. The van der Waals surface area contributed by atoms with Crippen molar-refractivity contribution in [2.75, 3.05) is 24.6 Å². The van der Waals surface area contributed by atoms with Crippen molar-refractivity contribution in [3.05, 3.63) is 60.2 Å². The van der Waals surface area contributed by atoms with E-state index in [-0.39, 0.29) is 5.91 Å². The van der Waals surface area contributed by atoms with E-state index in [4.69, 9.17) is 10.5 Å². The molecule has 0 fully saturated rings. The van der Waals surface area contributed by atoms with Gasteiger partial charge in [-0.05, 0) is 36.4 Å². The quantitative estimate of drug-likeness (QED) is 0.536. The molecule has 0 saturated heterocycles. The van der Waals surface area contributed by atoms with Crippen LogP contribution >= 0.6 is 21.6 Å². The van der Waals surface area contributed by atoms with Gasteiger partial charge in [0.1, 0.15) is 11.5 Å². The SMILES string of the molecule is NCCSSCCNC(=O)c1ccc(Oc2ccccc2)cc1. The largest absolute Gasteiger partial charge is 0.457 e. The fourth-order valence-corrected chi connectivity index (χ4v) is 3.54. The van der Waals surface area contributed by atoms with Crippen LogP contribution in [0.25, 0.3) is 0 Å². The van der Waals surface area contributed by atoms with Gasteiger partial charge in [-0.15, -0.1) is 0 Å². The number of ether oxygens (including phenoxy) is 1. The smallest absolute Gasteiger partial charge is 0.251 e. The van der Waals surface area contributed by atoms with Crippen LogP contribution in [0.15, 0.2) is 54.6 Å². The van der Waals surface area contributed by atoms with Crippen LogP contribution in [0.3, 0.4) is 0 Å². The van der Waals surface area contributed by atoms with Gasteiger partial charge in [0.15, 0.2) is 0 Å². The van der Waals surface area contributed by atoms with Crippen LogP contribution in [-0.2, 0) is 0 Å². The average molecular weight is 348 g/mol. The van der Waals surface area contributed by atoms with Crippen molar-refractivity contribution >= 4 is 27.5 Å². The summed E-state index contributed by atoms with van der Waals surface area (Å²) in [5, 5.41) is 2.90. The fourth-order valence-electron chi connectivity index (χ4n) is 1.77. The monoisotopic (exact) mass is 348 g/mol. The van der Waals surface area contributed by atoms with Gasteiger partial charge in [0.25, 0.3) is 5.91 Å². The Balaban J connectivity index is 1.76. The average Bonchev–Trinajstić information content (AvgIpc) is 2.59. The Morgan fingerprint density at radius 2 is 1.61 bits per heavy atom. The lowest BCUT2D eigenvalue weighted by Crippen LogP contribution is -2.25. The van der Waals surface area contributed by atoms with Gasteiger partial charge in [-0.25, -0.2) is 0 Å². The van der Waals surface area contributed by atoms with Gasteiger partial charge in [0.2, 0.25) is 0 Å². The molecule has 0 bridgehead atoms. The van der Waals surface area contributed by atoms with Crippen LogP contribution in [0.4, 0.5) is 0 Å². The van der Waals surface area contributed by atoms with Crippen molar-refractivity contribution in [2.24, 2.45) is 5.73 Å². The molecule has 0 radical (unpaired) electrons. The van der Waals surface area contributed by atoms with Crippen LogP contribution in [-0.4, -0.2) is 30.5 Å². The molecule has 0 aromatic heterocycles. The molecule has 1 amide bonds. The maximum Gasteiger partial charge on any atom is 0.251 e. The third kappa shape index (κ3) is 6.56. The van der Waals surface area contributed by atoms with E-state index in [2.05, 4.69) is 5.32 Å². The van der Waals surface area contributed by atoms with E-state index in [0.717, 1.165) is 17.3 Å². The standard InChI is InChI=1S/C17H20N2O2S2/c18-10-12-22-23-13-11-19-17(20)14-6-8-16(9-7-14)21-15-4-2-1-3-5-15/h1-9H,10-13,18H2,(H,19,20). The van der Waals surface area contributed by atoms with Crippen molar-refractivity contribution in [3.63, 3.8) is 0 Å². The predicted octanol–water partition coefficient (Wildman–Crippen LogP) is 3.55. The number of carbonyl (C=O) groups is 1. The second-order valence-corrected chi connectivity index (χ2v) is 7.33. The van der Waals surface area contributed by atoms with Crippen LogP contribution in [0.2, 0.25) is 0 Å². The number of nitrogens with one attached hydrogen (secondary N) is 1. The number of rotatable bonds is 9. The summed E-state index contributed by atoms with van der Waals surface area (Å²) >= 11 is 0. The number of benzene rings is 2. The highest BCUT2D eigenvalue weighted by Gasteiger charge is 2.05. The summed E-state index contributed by atoms with van der Waals surface area (Å²) in [6.07, 6.45) is 0. The second kappa shape index (κ2) is 10.2. The minimum absolute atomic E-state index is 0.0688. The molecule has 2 aromatic carbocycles. The zero-order chi connectivity index (χ0) is 16.3. The minimum atomic E-state index is -0.0688. The molecule has 0 unspecified atom stereocenters. The van der Waals surface area contributed by atoms with E-state index in [1.807, 2.05) is 30.3 Å². The predicted molar refractivity (Wildman–Crippen MR) is 99.3 cm³/mol. The molecule has 0 atom stereocenters. The molecule has 0 aliphatic rings. The molecule has 3 N–H and O–H groups in total. The molecule has 0 saturated carbocycles. The first-order valence-corrected chi connectivity index (χ1v) is 9.84.